The largest absolute Gasteiger partial charge is 0.444 e. The molecule has 0 spiro atoms. The number of amides is 7. The molecule has 0 aromatic carbocycles. The molecule has 1 aliphatic heterocycles. The summed E-state index contributed by atoms with van der Waals surface area (Å²) in [4.78, 5) is 105. The minimum atomic E-state index is -0.790. The van der Waals surface area contributed by atoms with Crippen molar-refractivity contribution in [3.05, 3.63) is 78.7 Å². The van der Waals surface area contributed by atoms with Crippen LogP contribution in [0.5, 0.6) is 0 Å². The van der Waals surface area contributed by atoms with Crippen LogP contribution < -0.4 is 31.9 Å². The van der Waals surface area contributed by atoms with Crippen LogP contribution in [0.25, 0.3) is 0 Å². The third kappa shape index (κ3) is 11.2. The lowest BCUT2D eigenvalue weighted by Gasteiger charge is -2.49. The molecule has 6 N–H and O–H groups in total. The van der Waals surface area contributed by atoms with E-state index in [1.807, 2.05) is 0 Å². The van der Waals surface area contributed by atoms with Crippen molar-refractivity contribution in [3.8, 4) is 0 Å². The molecule has 23 heteroatoms. The zero-order valence-corrected chi connectivity index (χ0v) is 36.2. The van der Waals surface area contributed by atoms with Crippen molar-refractivity contribution in [3.63, 3.8) is 0 Å². The molecule has 0 radical (unpaired) electrons. The summed E-state index contributed by atoms with van der Waals surface area (Å²) >= 11 is 0. The highest BCUT2D eigenvalue weighted by Crippen LogP contribution is 2.35. The Bertz CT molecular complexity index is 2560. The second-order valence-corrected chi connectivity index (χ2v) is 16.5. The lowest BCUT2D eigenvalue weighted by Crippen LogP contribution is -2.64. The fourth-order valence-corrected chi connectivity index (χ4v) is 6.87. The minimum absolute atomic E-state index is 0.00720. The molecule has 0 saturated carbocycles. The van der Waals surface area contributed by atoms with E-state index in [0.29, 0.717) is 17.2 Å². The average Bonchev–Trinajstić information content (AvgIpc) is 4.01. The molecule has 1 fully saturated rings. The Kier molecular flexibility index (Phi) is 12.9. The van der Waals surface area contributed by atoms with Crippen molar-refractivity contribution in [1.82, 2.24) is 53.3 Å². The van der Waals surface area contributed by atoms with Crippen LogP contribution in [0.1, 0.15) is 75.8 Å². The zero-order chi connectivity index (χ0) is 45.8. The van der Waals surface area contributed by atoms with E-state index < -0.39 is 46.6 Å². The van der Waals surface area contributed by atoms with Gasteiger partial charge in [-0.3, -0.25) is 28.8 Å². The monoisotopic (exact) mass is 869 g/mol. The molecule has 5 aromatic heterocycles. The summed E-state index contributed by atoms with van der Waals surface area (Å²) in [5, 5.41) is 16.4. The number of aryl methyl sites for hydroxylation is 5. The molecule has 5 aromatic rings. The lowest BCUT2D eigenvalue weighted by atomic mass is 9.76. The summed E-state index contributed by atoms with van der Waals surface area (Å²) in [6.45, 7) is 5.67. The number of likely N-dealkylation sites (tertiary alicyclic amines) is 1. The molecule has 0 aliphatic carbocycles. The van der Waals surface area contributed by atoms with Crippen LogP contribution in [-0.4, -0.2) is 116 Å². The number of hydrogen-bond donors (Lipinski definition) is 6. The molecule has 1 aliphatic rings. The van der Waals surface area contributed by atoms with Crippen LogP contribution in [0.3, 0.4) is 0 Å². The zero-order valence-electron chi connectivity index (χ0n) is 36.2. The Balaban J connectivity index is 0.990. The van der Waals surface area contributed by atoms with Gasteiger partial charge in [0.15, 0.2) is 17.5 Å². The van der Waals surface area contributed by atoms with Crippen molar-refractivity contribution in [2.24, 2.45) is 40.7 Å². The number of rotatable bonds is 15. The van der Waals surface area contributed by atoms with Gasteiger partial charge in [-0.15, -0.1) is 0 Å². The van der Waals surface area contributed by atoms with Crippen LogP contribution in [0, 0.1) is 5.41 Å². The maximum Gasteiger partial charge on any atom is 0.410 e. The maximum atomic E-state index is 13.5. The van der Waals surface area contributed by atoms with Gasteiger partial charge in [0.2, 0.25) is 17.6 Å². The Morgan fingerprint density at radius 2 is 1.29 bits per heavy atom. The first-order valence-electron chi connectivity index (χ1n) is 19.8. The third-order valence-corrected chi connectivity index (χ3v) is 9.84. The number of carbonyl (C=O) groups is 7. The van der Waals surface area contributed by atoms with Gasteiger partial charge in [0, 0.05) is 117 Å². The van der Waals surface area contributed by atoms with Gasteiger partial charge in [-0.2, -0.15) is 0 Å². The number of anilines is 4. The first kappa shape index (κ1) is 44.8. The van der Waals surface area contributed by atoms with Crippen molar-refractivity contribution < 1.29 is 38.3 Å². The van der Waals surface area contributed by atoms with Crippen molar-refractivity contribution in [2.45, 2.75) is 39.2 Å². The first-order valence-corrected chi connectivity index (χ1v) is 19.8. The summed E-state index contributed by atoms with van der Waals surface area (Å²) in [7, 11) is 8.31. The van der Waals surface area contributed by atoms with Crippen LogP contribution in [0.2, 0.25) is 0 Å². The van der Waals surface area contributed by atoms with E-state index >= 15 is 0 Å². The van der Waals surface area contributed by atoms with E-state index in [4.69, 9.17) is 4.74 Å². The quantitative estimate of drug-likeness (QED) is 0.0884. The van der Waals surface area contributed by atoms with Crippen molar-refractivity contribution in [1.29, 1.82) is 0 Å². The molecule has 6 heterocycles. The second-order valence-electron chi connectivity index (χ2n) is 16.5. The Labute approximate surface area is 361 Å². The number of nitrogens with zero attached hydrogens (tertiary/aromatic N) is 9. The summed E-state index contributed by atoms with van der Waals surface area (Å²) in [6, 6.07) is 2.99. The Morgan fingerprint density at radius 1 is 0.683 bits per heavy atom. The molecule has 0 bridgehead atoms. The third-order valence-electron chi connectivity index (χ3n) is 9.84. The SMILES string of the molecule is Cn1cnc(NC(=O)CC2(CNC(=O)c3cc(NC(=O)c4nc(NC(=O)CCNC(=O)c5cc(NC(=O)c6nccn6C)cn5C)cn4C)cn3C)CN(C(=O)OC(C)(C)C)C2)c1. The molecular formula is C40H51N15O8. The van der Waals surface area contributed by atoms with Gasteiger partial charge < -0.3 is 64.4 Å². The number of hydrogen-bond acceptors (Lipinski definition) is 11. The molecule has 6 rings (SSSR count). The minimum Gasteiger partial charge on any atom is -0.444 e. The molecule has 0 atom stereocenters. The molecule has 23 nitrogen and oxygen atoms in total. The van der Waals surface area contributed by atoms with E-state index in [9.17, 15) is 33.6 Å². The van der Waals surface area contributed by atoms with Crippen LogP contribution in [-0.2, 0) is 49.6 Å². The summed E-state index contributed by atoms with van der Waals surface area (Å²) in [6.07, 6.45) is 10.3. The summed E-state index contributed by atoms with van der Waals surface area (Å²) in [5.74, 6) is -2.14. The number of ether oxygens (including phenoxy) is 1. The highest BCUT2D eigenvalue weighted by molar-refractivity contribution is 6.04. The fraction of sp³-hybridized carbons (Fsp3) is 0.400. The molecule has 63 heavy (non-hydrogen) atoms. The van der Waals surface area contributed by atoms with Gasteiger partial charge in [0.25, 0.3) is 23.6 Å². The van der Waals surface area contributed by atoms with Crippen molar-refractivity contribution >= 4 is 64.5 Å². The van der Waals surface area contributed by atoms with Crippen LogP contribution >= 0.6 is 0 Å². The standard InChI is InChI=1S/C40H51N15O8/c1-39(2,3)63-38(62)55-21-40(22-55,15-31(57)47-28-18-50(4)23-44-28)20-43-35(59)27-14-25(17-53(27)7)46-37(61)33-49-29(19-54(33)8)48-30(56)9-10-42-34(58)26-13-24(16-52(26)6)45-36(60)32-41-11-12-51(32)5/h11-14,16-19,23H,9-10,15,20-22H2,1-8H3,(H,42,58)(H,43,59)(H,45,60)(H,46,61)(H,47,57)(H,48,56). The number of carbonyl (C=O) groups excluding carboxylic acids is 7. The second kappa shape index (κ2) is 18.1. The van der Waals surface area contributed by atoms with Gasteiger partial charge in [-0.25, -0.2) is 19.7 Å². The summed E-state index contributed by atoms with van der Waals surface area (Å²) < 4.78 is 13.2. The van der Waals surface area contributed by atoms with Gasteiger partial charge in [-0.05, 0) is 32.9 Å². The predicted octanol–water partition coefficient (Wildman–Crippen LogP) is 1.82. The average molecular weight is 870 g/mol. The Hall–Kier alpha value is -7.72. The van der Waals surface area contributed by atoms with Gasteiger partial charge in [-0.1, -0.05) is 0 Å². The molecule has 334 valence electrons. The summed E-state index contributed by atoms with van der Waals surface area (Å²) in [5.41, 5.74) is -0.346. The topological polar surface area (TPSA) is 267 Å². The number of aromatic nitrogens is 8. The molecule has 7 amide bonds. The fourth-order valence-electron chi connectivity index (χ4n) is 6.87. The van der Waals surface area contributed by atoms with Crippen LogP contribution in [0.15, 0.2) is 55.6 Å². The highest BCUT2D eigenvalue weighted by Gasteiger charge is 2.48. The maximum absolute atomic E-state index is 13.5. The predicted molar refractivity (Wildman–Crippen MR) is 228 cm³/mol. The van der Waals surface area contributed by atoms with Gasteiger partial charge >= 0.3 is 6.09 Å². The van der Waals surface area contributed by atoms with Gasteiger partial charge in [0.1, 0.15) is 17.0 Å². The van der Waals surface area contributed by atoms with E-state index in [0.717, 1.165) is 0 Å². The lowest BCUT2D eigenvalue weighted by molar-refractivity contribution is -0.122. The molecule has 0 unspecified atom stereocenters. The molecule has 1 saturated heterocycles. The van der Waals surface area contributed by atoms with E-state index in [1.54, 1.807) is 101 Å². The highest BCUT2D eigenvalue weighted by atomic mass is 16.6. The molecular weight excluding hydrogens is 819 g/mol. The van der Waals surface area contributed by atoms with Crippen molar-refractivity contribution in [2.75, 3.05) is 47.4 Å². The van der Waals surface area contributed by atoms with E-state index in [2.05, 4.69) is 46.9 Å². The number of imidazole rings is 3. The van der Waals surface area contributed by atoms with Crippen LogP contribution in [0.4, 0.5) is 27.8 Å². The van der Waals surface area contributed by atoms with E-state index in [-0.39, 0.29) is 73.8 Å². The first-order chi connectivity index (χ1) is 29.7. The number of nitrogens with one attached hydrogen (secondary N) is 6. The smallest absolute Gasteiger partial charge is 0.410 e. The normalized spacial score (nSPS) is 13.1. The van der Waals surface area contributed by atoms with E-state index in [1.165, 1.54) is 38.6 Å². The Morgan fingerprint density at radius 3 is 1.86 bits per heavy atom. The van der Waals surface area contributed by atoms with Gasteiger partial charge in [0.05, 0.1) is 17.7 Å².